The van der Waals surface area contributed by atoms with Gasteiger partial charge in [-0.2, -0.15) is 0 Å². The van der Waals surface area contributed by atoms with Crippen molar-refractivity contribution in [3.63, 3.8) is 0 Å². The van der Waals surface area contributed by atoms with Crippen molar-refractivity contribution >= 4 is 5.91 Å². The van der Waals surface area contributed by atoms with Crippen molar-refractivity contribution in [2.75, 3.05) is 19.8 Å². The summed E-state index contributed by atoms with van der Waals surface area (Å²) in [5.74, 6) is 5.57. The molecule has 112 valence electrons. The quantitative estimate of drug-likeness (QED) is 0.813. The maximum Gasteiger partial charge on any atom is 0.270 e. The molecule has 1 aromatic rings. The fourth-order valence-corrected chi connectivity index (χ4v) is 2.36. The Morgan fingerprint density at radius 1 is 1.52 bits per heavy atom. The standard InChI is InChI=1S/C16H20N2O3/c1-12(14-6-9-21-10-7-14)18-16(20)15-5-4-13(11-17-15)3-2-8-19/h4-5,11-12,14,19H,6-10H2,1H3,(H,18,20). The van der Waals surface area contributed by atoms with E-state index >= 15 is 0 Å². The molecular weight excluding hydrogens is 268 g/mol. The Morgan fingerprint density at radius 2 is 2.29 bits per heavy atom. The molecule has 2 rings (SSSR count). The number of hydrogen-bond acceptors (Lipinski definition) is 4. The van der Waals surface area contributed by atoms with Crippen LogP contribution in [0.5, 0.6) is 0 Å². The molecule has 0 bridgehead atoms. The van der Waals surface area contributed by atoms with E-state index in [1.807, 2.05) is 6.92 Å². The first-order chi connectivity index (χ1) is 10.2. The number of nitrogens with zero attached hydrogens (tertiary/aromatic N) is 1. The molecule has 0 aliphatic carbocycles. The Bertz CT molecular complexity index is 525. The van der Waals surface area contributed by atoms with Gasteiger partial charge in [-0.25, -0.2) is 4.98 Å². The zero-order chi connectivity index (χ0) is 15.1. The summed E-state index contributed by atoms with van der Waals surface area (Å²) in [5.41, 5.74) is 1.06. The number of hydrogen-bond donors (Lipinski definition) is 2. The molecule has 1 aliphatic rings. The van der Waals surface area contributed by atoms with Gasteiger partial charge in [-0.1, -0.05) is 11.8 Å². The Hall–Kier alpha value is -1.90. The predicted molar refractivity (Wildman–Crippen MR) is 78.7 cm³/mol. The second kappa shape index (κ2) is 7.77. The van der Waals surface area contributed by atoms with Gasteiger partial charge in [0.2, 0.25) is 0 Å². The third-order valence-electron chi connectivity index (χ3n) is 3.64. The minimum Gasteiger partial charge on any atom is -0.384 e. The average Bonchev–Trinajstić information content (AvgIpc) is 2.54. The highest BCUT2D eigenvalue weighted by Crippen LogP contribution is 2.18. The molecule has 2 N–H and O–H groups in total. The van der Waals surface area contributed by atoms with Crippen molar-refractivity contribution in [1.82, 2.24) is 10.3 Å². The van der Waals surface area contributed by atoms with Gasteiger partial charge in [0, 0.05) is 31.0 Å². The summed E-state index contributed by atoms with van der Waals surface area (Å²) in [6.45, 7) is 3.36. The average molecular weight is 288 g/mol. The second-order valence-electron chi connectivity index (χ2n) is 5.10. The molecular formula is C16H20N2O3. The fraction of sp³-hybridized carbons (Fsp3) is 0.500. The highest BCUT2D eigenvalue weighted by atomic mass is 16.5. The van der Waals surface area contributed by atoms with E-state index in [0.29, 0.717) is 17.2 Å². The molecule has 5 nitrogen and oxygen atoms in total. The molecule has 2 heterocycles. The lowest BCUT2D eigenvalue weighted by Gasteiger charge is -2.28. The molecule has 21 heavy (non-hydrogen) atoms. The molecule has 1 atom stereocenters. The van der Waals surface area contributed by atoms with Crippen molar-refractivity contribution in [3.05, 3.63) is 29.6 Å². The van der Waals surface area contributed by atoms with Gasteiger partial charge >= 0.3 is 0 Å². The van der Waals surface area contributed by atoms with E-state index in [0.717, 1.165) is 26.1 Å². The third kappa shape index (κ3) is 4.55. The van der Waals surface area contributed by atoms with Crippen molar-refractivity contribution in [2.24, 2.45) is 5.92 Å². The first kappa shape index (κ1) is 15.5. The second-order valence-corrected chi connectivity index (χ2v) is 5.10. The Kier molecular flexibility index (Phi) is 5.73. The summed E-state index contributed by atoms with van der Waals surface area (Å²) >= 11 is 0. The largest absolute Gasteiger partial charge is 0.384 e. The van der Waals surface area contributed by atoms with Crippen molar-refractivity contribution in [3.8, 4) is 11.8 Å². The van der Waals surface area contributed by atoms with Crippen LogP contribution in [-0.4, -0.2) is 41.9 Å². The van der Waals surface area contributed by atoms with Crippen molar-refractivity contribution in [2.45, 2.75) is 25.8 Å². The van der Waals surface area contributed by atoms with Gasteiger partial charge < -0.3 is 15.2 Å². The fourth-order valence-electron chi connectivity index (χ4n) is 2.36. The number of carbonyl (C=O) groups is 1. The third-order valence-corrected chi connectivity index (χ3v) is 3.64. The number of carbonyl (C=O) groups excluding carboxylic acids is 1. The van der Waals surface area contributed by atoms with Crippen LogP contribution in [0.25, 0.3) is 0 Å². The Labute approximate surface area is 124 Å². The first-order valence-corrected chi connectivity index (χ1v) is 7.15. The number of aromatic nitrogens is 1. The van der Waals surface area contributed by atoms with Crippen LogP contribution in [0.15, 0.2) is 18.3 Å². The monoisotopic (exact) mass is 288 g/mol. The molecule has 0 saturated carbocycles. The molecule has 1 unspecified atom stereocenters. The molecule has 1 saturated heterocycles. The van der Waals surface area contributed by atoms with E-state index in [-0.39, 0.29) is 18.6 Å². The number of pyridine rings is 1. The van der Waals surface area contributed by atoms with Crippen LogP contribution < -0.4 is 5.32 Å². The molecule has 0 aromatic carbocycles. The zero-order valence-electron chi connectivity index (χ0n) is 12.1. The van der Waals surface area contributed by atoms with Crippen LogP contribution in [0.2, 0.25) is 0 Å². The number of aliphatic hydroxyl groups is 1. The van der Waals surface area contributed by atoms with E-state index in [1.165, 1.54) is 6.20 Å². The minimum absolute atomic E-state index is 0.108. The van der Waals surface area contributed by atoms with Gasteiger partial charge in [-0.05, 0) is 37.8 Å². The lowest BCUT2D eigenvalue weighted by molar-refractivity contribution is 0.0537. The summed E-state index contributed by atoms with van der Waals surface area (Å²) < 4.78 is 5.33. The van der Waals surface area contributed by atoms with Crippen molar-refractivity contribution in [1.29, 1.82) is 0 Å². The number of aliphatic hydroxyl groups excluding tert-OH is 1. The van der Waals surface area contributed by atoms with Gasteiger partial charge in [-0.3, -0.25) is 4.79 Å². The summed E-state index contributed by atoms with van der Waals surface area (Å²) in [6.07, 6.45) is 3.49. The minimum atomic E-state index is -0.190. The number of nitrogens with one attached hydrogen (secondary N) is 1. The lowest BCUT2D eigenvalue weighted by atomic mass is 9.93. The number of ether oxygens (including phenoxy) is 1. The molecule has 0 radical (unpaired) electrons. The van der Waals surface area contributed by atoms with E-state index < -0.39 is 0 Å². The van der Waals surface area contributed by atoms with E-state index in [4.69, 9.17) is 9.84 Å². The Morgan fingerprint density at radius 3 is 2.90 bits per heavy atom. The SMILES string of the molecule is CC(NC(=O)c1ccc(C#CCO)cn1)C1CCOCC1. The van der Waals surface area contributed by atoms with Crippen LogP contribution in [0.3, 0.4) is 0 Å². The van der Waals surface area contributed by atoms with E-state index in [2.05, 4.69) is 22.1 Å². The molecule has 1 amide bonds. The lowest BCUT2D eigenvalue weighted by Crippen LogP contribution is -2.40. The van der Waals surface area contributed by atoms with Gasteiger partial charge in [0.25, 0.3) is 5.91 Å². The molecule has 1 aromatic heterocycles. The van der Waals surface area contributed by atoms with Crippen LogP contribution >= 0.6 is 0 Å². The Balaban J connectivity index is 1.93. The first-order valence-electron chi connectivity index (χ1n) is 7.15. The van der Waals surface area contributed by atoms with Crippen LogP contribution in [0.4, 0.5) is 0 Å². The van der Waals surface area contributed by atoms with Gasteiger partial charge in [0.1, 0.15) is 12.3 Å². The van der Waals surface area contributed by atoms with Crippen LogP contribution in [0.1, 0.15) is 35.8 Å². The predicted octanol–water partition coefficient (Wildman–Crippen LogP) is 0.970. The van der Waals surface area contributed by atoms with Crippen LogP contribution in [-0.2, 0) is 4.74 Å². The molecule has 0 spiro atoms. The van der Waals surface area contributed by atoms with E-state index in [9.17, 15) is 4.79 Å². The maximum atomic E-state index is 12.1. The molecule has 1 aliphatic heterocycles. The number of rotatable bonds is 3. The summed E-state index contributed by atoms with van der Waals surface area (Å²) in [6, 6.07) is 3.48. The smallest absolute Gasteiger partial charge is 0.270 e. The zero-order valence-corrected chi connectivity index (χ0v) is 12.1. The number of amides is 1. The highest BCUT2D eigenvalue weighted by molar-refractivity contribution is 5.92. The molecule has 1 fully saturated rings. The van der Waals surface area contributed by atoms with Gasteiger partial charge in [0.05, 0.1) is 0 Å². The normalized spacial score (nSPS) is 16.7. The topological polar surface area (TPSA) is 71.5 Å². The maximum absolute atomic E-state index is 12.1. The van der Waals surface area contributed by atoms with Crippen LogP contribution in [0, 0.1) is 17.8 Å². The van der Waals surface area contributed by atoms with Gasteiger partial charge in [-0.15, -0.1) is 0 Å². The van der Waals surface area contributed by atoms with Gasteiger partial charge in [0.15, 0.2) is 0 Å². The summed E-state index contributed by atoms with van der Waals surface area (Å²) in [4.78, 5) is 16.3. The summed E-state index contributed by atoms with van der Waals surface area (Å²) in [5, 5.41) is 11.6. The van der Waals surface area contributed by atoms with E-state index in [1.54, 1.807) is 12.1 Å². The van der Waals surface area contributed by atoms with Crippen molar-refractivity contribution < 1.29 is 14.6 Å². The molecule has 5 heteroatoms. The summed E-state index contributed by atoms with van der Waals surface area (Å²) in [7, 11) is 0. The highest BCUT2D eigenvalue weighted by Gasteiger charge is 2.22.